The van der Waals surface area contributed by atoms with Gasteiger partial charge in [-0.2, -0.15) is 0 Å². The molecule has 2 N–H and O–H groups in total. The molecule has 0 atom stereocenters. The van der Waals surface area contributed by atoms with Crippen LogP contribution in [0.15, 0.2) is 54.7 Å². The van der Waals surface area contributed by atoms with Crippen LogP contribution in [0.3, 0.4) is 0 Å². The molecule has 0 saturated carbocycles. The number of carboxylic acid groups (broad SMARTS) is 1. The number of piperazine rings is 1. The van der Waals surface area contributed by atoms with E-state index in [2.05, 4.69) is 47.2 Å². The first-order valence-corrected chi connectivity index (χ1v) is 10.7. The van der Waals surface area contributed by atoms with E-state index in [1.807, 2.05) is 4.90 Å². The van der Waals surface area contributed by atoms with Crippen molar-refractivity contribution in [1.82, 2.24) is 4.98 Å². The Morgan fingerprint density at radius 2 is 1.64 bits per heavy atom. The quantitative estimate of drug-likeness (QED) is 0.611. The van der Waals surface area contributed by atoms with Crippen molar-refractivity contribution in [2.24, 2.45) is 0 Å². The zero-order chi connectivity index (χ0) is 23.5. The van der Waals surface area contributed by atoms with Crippen LogP contribution in [0.5, 0.6) is 0 Å². The van der Waals surface area contributed by atoms with Crippen molar-refractivity contribution in [1.29, 1.82) is 0 Å². The van der Waals surface area contributed by atoms with Gasteiger partial charge in [-0.25, -0.2) is 14.2 Å². The van der Waals surface area contributed by atoms with Crippen molar-refractivity contribution in [2.45, 2.75) is 13.8 Å². The van der Waals surface area contributed by atoms with Crippen LogP contribution in [0.4, 0.5) is 21.6 Å². The van der Waals surface area contributed by atoms with Gasteiger partial charge in [0.25, 0.3) is 5.91 Å². The van der Waals surface area contributed by atoms with Crippen molar-refractivity contribution in [3.05, 3.63) is 82.8 Å². The van der Waals surface area contributed by atoms with Gasteiger partial charge < -0.3 is 20.2 Å². The highest BCUT2D eigenvalue weighted by Crippen LogP contribution is 2.27. The molecule has 0 unspecified atom stereocenters. The molecule has 1 amide bonds. The minimum absolute atomic E-state index is 0.0205. The monoisotopic (exact) mass is 448 g/mol. The highest BCUT2D eigenvalue weighted by Gasteiger charge is 2.24. The highest BCUT2D eigenvalue weighted by atomic mass is 19.1. The Balaban J connectivity index is 1.49. The lowest BCUT2D eigenvalue weighted by Crippen LogP contribution is -2.47. The maximum absolute atomic E-state index is 13.1. The molecule has 1 fully saturated rings. The van der Waals surface area contributed by atoms with Crippen LogP contribution in [-0.2, 0) is 0 Å². The van der Waals surface area contributed by atoms with E-state index < -0.39 is 17.7 Å². The fourth-order valence-electron chi connectivity index (χ4n) is 3.96. The molecule has 0 radical (unpaired) electrons. The predicted molar refractivity (Wildman–Crippen MR) is 126 cm³/mol. The number of hydrogen-bond acceptors (Lipinski definition) is 5. The molecule has 1 aromatic heterocycles. The van der Waals surface area contributed by atoms with Gasteiger partial charge in [0.15, 0.2) is 0 Å². The average Bonchev–Trinajstić information content (AvgIpc) is 2.81. The van der Waals surface area contributed by atoms with Gasteiger partial charge in [0, 0.05) is 37.4 Å². The Hall–Kier alpha value is -3.94. The van der Waals surface area contributed by atoms with Crippen molar-refractivity contribution in [2.75, 3.05) is 41.3 Å². The summed E-state index contributed by atoms with van der Waals surface area (Å²) in [6.45, 7) is 6.90. The Labute approximate surface area is 191 Å². The third-order valence-electron chi connectivity index (χ3n) is 5.75. The van der Waals surface area contributed by atoms with Crippen LogP contribution in [-0.4, -0.2) is 48.1 Å². The number of hydrogen-bond donors (Lipinski definition) is 2. The van der Waals surface area contributed by atoms with Crippen LogP contribution >= 0.6 is 0 Å². The number of nitrogens with one attached hydrogen (secondary N) is 1. The minimum Gasteiger partial charge on any atom is -0.478 e. The summed E-state index contributed by atoms with van der Waals surface area (Å²) >= 11 is 0. The maximum atomic E-state index is 13.1. The van der Waals surface area contributed by atoms with Crippen molar-refractivity contribution >= 4 is 29.1 Å². The van der Waals surface area contributed by atoms with E-state index in [0.717, 1.165) is 13.1 Å². The Morgan fingerprint density at radius 1 is 0.970 bits per heavy atom. The molecule has 1 aliphatic rings. The summed E-state index contributed by atoms with van der Waals surface area (Å²) in [4.78, 5) is 33.0. The normalized spacial score (nSPS) is 13.7. The molecular weight excluding hydrogens is 423 g/mol. The van der Waals surface area contributed by atoms with Gasteiger partial charge in [-0.05, 0) is 61.4 Å². The van der Waals surface area contributed by atoms with E-state index in [9.17, 15) is 19.1 Å². The molecule has 3 aromatic rings. The zero-order valence-corrected chi connectivity index (χ0v) is 18.5. The summed E-state index contributed by atoms with van der Waals surface area (Å²) < 4.78 is 13.1. The molecular formula is C25H25FN4O3. The number of aryl methyl sites for hydroxylation is 2. The second-order valence-corrected chi connectivity index (χ2v) is 8.13. The Morgan fingerprint density at radius 3 is 2.30 bits per heavy atom. The lowest BCUT2D eigenvalue weighted by Gasteiger charge is -2.38. The molecule has 2 aromatic carbocycles. The first-order valence-electron chi connectivity index (χ1n) is 10.7. The first kappa shape index (κ1) is 22.3. The predicted octanol–water partition coefficient (Wildman–Crippen LogP) is 4.11. The average molecular weight is 448 g/mol. The topological polar surface area (TPSA) is 85.8 Å². The van der Waals surface area contributed by atoms with Crippen LogP contribution in [0.2, 0.25) is 0 Å². The lowest BCUT2D eigenvalue weighted by molar-refractivity contribution is 0.0696. The molecule has 1 saturated heterocycles. The Bertz CT molecular complexity index is 1190. The van der Waals surface area contributed by atoms with Gasteiger partial charge in [-0.3, -0.25) is 4.79 Å². The number of pyridine rings is 1. The number of carbonyl (C=O) groups is 2. The minimum atomic E-state index is -1.12. The van der Waals surface area contributed by atoms with E-state index in [1.165, 1.54) is 53.3 Å². The van der Waals surface area contributed by atoms with Crippen molar-refractivity contribution < 1.29 is 19.1 Å². The van der Waals surface area contributed by atoms with Gasteiger partial charge in [0.1, 0.15) is 17.2 Å². The van der Waals surface area contributed by atoms with Gasteiger partial charge >= 0.3 is 5.97 Å². The molecule has 4 rings (SSSR count). The van der Waals surface area contributed by atoms with E-state index in [-0.39, 0.29) is 16.8 Å². The van der Waals surface area contributed by atoms with Gasteiger partial charge in [0.05, 0.1) is 11.9 Å². The molecule has 33 heavy (non-hydrogen) atoms. The molecule has 1 aliphatic heterocycles. The molecule has 0 aliphatic carbocycles. The summed E-state index contributed by atoms with van der Waals surface area (Å²) in [6, 6.07) is 12.9. The molecule has 8 heteroatoms. The number of rotatable bonds is 5. The third kappa shape index (κ3) is 4.95. The van der Waals surface area contributed by atoms with Crippen LogP contribution in [0.25, 0.3) is 0 Å². The summed E-state index contributed by atoms with van der Waals surface area (Å²) in [6.07, 6.45) is 1.44. The SMILES string of the molecule is Cc1ccc(C)c(N2CCN(c3ncc(NC(=O)c4ccc(F)cc4)cc3C(=O)O)CC2)c1. The second-order valence-electron chi connectivity index (χ2n) is 8.13. The number of carboxylic acids is 1. The summed E-state index contributed by atoms with van der Waals surface area (Å²) in [5.41, 5.74) is 4.15. The number of amides is 1. The van der Waals surface area contributed by atoms with Gasteiger partial charge in [0.2, 0.25) is 0 Å². The van der Waals surface area contributed by atoms with Gasteiger partial charge in [-0.15, -0.1) is 0 Å². The number of benzene rings is 2. The van der Waals surface area contributed by atoms with E-state index in [4.69, 9.17) is 0 Å². The highest BCUT2D eigenvalue weighted by molar-refractivity contribution is 6.05. The zero-order valence-electron chi connectivity index (χ0n) is 18.5. The number of halogens is 1. The van der Waals surface area contributed by atoms with Crippen LogP contribution in [0, 0.1) is 19.7 Å². The first-order chi connectivity index (χ1) is 15.8. The van der Waals surface area contributed by atoms with Gasteiger partial charge in [-0.1, -0.05) is 12.1 Å². The van der Waals surface area contributed by atoms with E-state index in [0.29, 0.717) is 18.9 Å². The summed E-state index contributed by atoms with van der Waals surface area (Å²) in [5, 5.41) is 12.4. The molecule has 2 heterocycles. The Kier molecular flexibility index (Phi) is 6.26. The lowest BCUT2D eigenvalue weighted by atomic mass is 10.1. The van der Waals surface area contributed by atoms with Crippen molar-refractivity contribution in [3.63, 3.8) is 0 Å². The van der Waals surface area contributed by atoms with Crippen molar-refractivity contribution in [3.8, 4) is 0 Å². The van der Waals surface area contributed by atoms with Crippen LogP contribution < -0.4 is 15.1 Å². The largest absolute Gasteiger partial charge is 0.478 e. The number of aromatic nitrogens is 1. The molecule has 7 nitrogen and oxygen atoms in total. The summed E-state index contributed by atoms with van der Waals surface area (Å²) in [7, 11) is 0. The molecule has 0 bridgehead atoms. The van der Waals surface area contributed by atoms with Crippen LogP contribution in [0.1, 0.15) is 31.8 Å². The van der Waals surface area contributed by atoms with E-state index in [1.54, 1.807) is 0 Å². The second kappa shape index (κ2) is 9.28. The standard InChI is InChI=1S/C25H25FN4O3/c1-16-3-4-17(2)22(13-16)29-9-11-30(12-10-29)23-21(25(32)33)14-20(15-27-23)28-24(31)18-5-7-19(26)8-6-18/h3-8,13-15H,9-12H2,1-2H3,(H,28,31)(H,32,33). The fourth-order valence-corrected chi connectivity index (χ4v) is 3.96. The maximum Gasteiger partial charge on any atom is 0.339 e. The third-order valence-corrected chi connectivity index (χ3v) is 5.75. The molecule has 0 spiro atoms. The van der Waals surface area contributed by atoms with E-state index >= 15 is 0 Å². The summed E-state index contributed by atoms with van der Waals surface area (Å²) in [5.74, 6) is -1.65. The number of nitrogens with zero attached hydrogens (tertiary/aromatic N) is 3. The number of carbonyl (C=O) groups excluding carboxylic acids is 1. The smallest absolute Gasteiger partial charge is 0.339 e. The fraction of sp³-hybridized carbons (Fsp3) is 0.240. The molecule has 170 valence electrons. The number of aromatic carboxylic acids is 1. The number of anilines is 3.